The van der Waals surface area contributed by atoms with Gasteiger partial charge in [0.15, 0.2) is 0 Å². The Labute approximate surface area is 95.4 Å². The summed E-state index contributed by atoms with van der Waals surface area (Å²) in [5, 5.41) is 3.21. The highest BCUT2D eigenvalue weighted by molar-refractivity contribution is 5.37. The second-order valence-corrected chi connectivity index (χ2v) is 4.06. The summed E-state index contributed by atoms with van der Waals surface area (Å²) < 4.78 is 5.29. The van der Waals surface area contributed by atoms with Crippen LogP contribution in [-0.4, -0.2) is 29.2 Å². The van der Waals surface area contributed by atoms with E-state index in [4.69, 9.17) is 10.5 Å². The molecule has 0 amide bonds. The van der Waals surface area contributed by atoms with Gasteiger partial charge in [0.1, 0.15) is 12.1 Å². The van der Waals surface area contributed by atoms with Crippen LogP contribution in [0, 0.1) is 5.92 Å². The molecule has 0 aromatic carbocycles. The Morgan fingerprint density at radius 3 is 3.06 bits per heavy atom. The molecule has 0 aliphatic heterocycles. The summed E-state index contributed by atoms with van der Waals surface area (Å²) in [6.07, 6.45) is 4.02. The van der Waals surface area contributed by atoms with Gasteiger partial charge in [0, 0.05) is 18.7 Å². The maximum absolute atomic E-state index is 5.99. The lowest BCUT2D eigenvalue weighted by molar-refractivity contribution is 0.326. The molecule has 1 unspecified atom stereocenters. The van der Waals surface area contributed by atoms with E-state index in [1.54, 1.807) is 6.07 Å². The zero-order valence-electron chi connectivity index (χ0n) is 9.52. The standard InChI is InChI=1S/C11H18N4O/c1-2-16-11-5-10(14-7-15-11)13-6-9(12)8-3-4-8/h5,7-9H,2-4,6,12H2,1H3,(H,13,14,15). The molecule has 1 aromatic heterocycles. The van der Waals surface area contributed by atoms with Crippen molar-refractivity contribution in [1.29, 1.82) is 0 Å². The highest BCUT2D eigenvalue weighted by atomic mass is 16.5. The first-order valence-corrected chi connectivity index (χ1v) is 5.74. The number of anilines is 1. The van der Waals surface area contributed by atoms with Gasteiger partial charge in [-0.2, -0.15) is 0 Å². The molecule has 5 heteroatoms. The summed E-state index contributed by atoms with van der Waals surface area (Å²) in [7, 11) is 0. The van der Waals surface area contributed by atoms with E-state index >= 15 is 0 Å². The van der Waals surface area contributed by atoms with Crippen LogP contribution in [0.4, 0.5) is 5.82 Å². The average molecular weight is 222 g/mol. The van der Waals surface area contributed by atoms with Crippen molar-refractivity contribution in [2.24, 2.45) is 11.7 Å². The molecule has 0 bridgehead atoms. The molecular weight excluding hydrogens is 204 g/mol. The minimum atomic E-state index is 0.227. The second kappa shape index (κ2) is 5.12. The molecule has 0 saturated heterocycles. The molecule has 16 heavy (non-hydrogen) atoms. The summed E-state index contributed by atoms with van der Waals surface area (Å²) in [5.41, 5.74) is 5.99. The van der Waals surface area contributed by atoms with Crippen LogP contribution in [0.5, 0.6) is 5.88 Å². The summed E-state index contributed by atoms with van der Waals surface area (Å²) in [6, 6.07) is 2.02. The number of nitrogens with zero attached hydrogens (tertiary/aromatic N) is 2. The van der Waals surface area contributed by atoms with E-state index in [0.717, 1.165) is 12.4 Å². The Kier molecular flexibility index (Phi) is 3.56. The zero-order valence-corrected chi connectivity index (χ0v) is 9.52. The van der Waals surface area contributed by atoms with Gasteiger partial charge in [-0.15, -0.1) is 0 Å². The highest BCUT2D eigenvalue weighted by Gasteiger charge is 2.28. The summed E-state index contributed by atoms with van der Waals surface area (Å²) in [6.45, 7) is 3.30. The van der Waals surface area contributed by atoms with Gasteiger partial charge in [-0.05, 0) is 25.7 Å². The summed E-state index contributed by atoms with van der Waals surface area (Å²) in [4.78, 5) is 8.11. The minimum Gasteiger partial charge on any atom is -0.478 e. The van der Waals surface area contributed by atoms with Crippen LogP contribution in [-0.2, 0) is 0 Å². The van der Waals surface area contributed by atoms with Crippen molar-refractivity contribution < 1.29 is 4.74 Å². The van der Waals surface area contributed by atoms with Gasteiger partial charge in [-0.25, -0.2) is 9.97 Å². The number of aromatic nitrogens is 2. The topological polar surface area (TPSA) is 73.1 Å². The summed E-state index contributed by atoms with van der Waals surface area (Å²) >= 11 is 0. The third-order valence-corrected chi connectivity index (χ3v) is 2.68. The van der Waals surface area contributed by atoms with Crippen molar-refractivity contribution in [3.05, 3.63) is 12.4 Å². The molecule has 1 fully saturated rings. The number of rotatable bonds is 6. The number of nitrogens with two attached hydrogens (primary N) is 1. The van der Waals surface area contributed by atoms with Crippen LogP contribution in [0.25, 0.3) is 0 Å². The normalized spacial score (nSPS) is 16.9. The van der Waals surface area contributed by atoms with E-state index in [1.807, 2.05) is 6.92 Å². The first kappa shape index (κ1) is 11.1. The van der Waals surface area contributed by atoms with Crippen LogP contribution in [0.1, 0.15) is 19.8 Å². The Balaban J connectivity index is 1.85. The molecule has 0 radical (unpaired) electrons. The predicted molar refractivity (Wildman–Crippen MR) is 62.4 cm³/mol. The predicted octanol–water partition coefficient (Wildman–Crippen LogP) is 1.02. The van der Waals surface area contributed by atoms with E-state index in [2.05, 4.69) is 15.3 Å². The van der Waals surface area contributed by atoms with Gasteiger partial charge >= 0.3 is 0 Å². The van der Waals surface area contributed by atoms with E-state index in [-0.39, 0.29) is 6.04 Å². The molecule has 3 N–H and O–H groups in total. The maximum Gasteiger partial charge on any atom is 0.218 e. The van der Waals surface area contributed by atoms with E-state index in [1.165, 1.54) is 19.2 Å². The first-order chi connectivity index (χ1) is 7.79. The molecular formula is C11H18N4O. The van der Waals surface area contributed by atoms with E-state index in [9.17, 15) is 0 Å². The van der Waals surface area contributed by atoms with Gasteiger partial charge in [-0.1, -0.05) is 0 Å². The monoisotopic (exact) mass is 222 g/mol. The number of hydrogen-bond acceptors (Lipinski definition) is 5. The molecule has 1 saturated carbocycles. The van der Waals surface area contributed by atoms with Crippen LogP contribution in [0.15, 0.2) is 12.4 Å². The fraction of sp³-hybridized carbons (Fsp3) is 0.636. The Morgan fingerprint density at radius 1 is 1.56 bits per heavy atom. The molecule has 88 valence electrons. The van der Waals surface area contributed by atoms with E-state index < -0.39 is 0 Å². The van der Waals surface area contributed by atoms with Gasteiger partial charge in [-0.3, -0.25) is 0 Å². The van der Waals surface area contributed by atoms with Crippen LogP contribution >= 0.6 is 0 Å². The third-order valence-electron chi connectivity index (χ3n) is 2.68. The number of nitrogens with one attached hydrogen (secondary N) is 1. The van der Waals surface area contributed by atoms with Crippen LogP contribution in [0.3, 0.4) is 0 Å². The van der Waals surface area contributed by atoms with Gasteiger partial charge in [0.25, 0.3) is 0 Å². The van der Waals surface area contributed by atoms with E-state index in [0.29, 0.717) is 18.4 Å². The van der Waals surface area contributed by atoms with Crippen molar-refractivity contribution in [2.45, 2.75) is 25.8 Å². The van der Waals surface area contributed by atoms with Crippen molar-refractivity contribution in [1.82, 2.24) is 9.97 Å². The quantitative estimate of drug-likeness (QED) is 0.752. The highest BCUT2D eigenvalue weighted by Crippen LogP contribution is 2.31. The Hall–Kier alpha value is -1.36. The maximum atomic E-state index is 5.99. The number of ether oxygens (including phenoxy) is 1. The second-order valence-electron chi connectivity index (χ2n) is 4.06. The molecule has 1 aliphatic rings. The summed E-state index contributed by atoms with van der Waals surface area (Å²) in [5.74, 6) is 2.07. The first-order valence-electron chi connectivity index (χ1n) is 5.74. The molecule has 1 heterocycles. The molecule has 1 aromatic rings. The fourth-order valence-corrected chi connectivity index (χ4v) is 1.58. The lowest BCUT2D eigenvalue weighted by atomic mass is 10.2. The largest absolute Gasteiger partial charge is 0.478 e. The lowest BCUT2D eigenvalue weighted by Crippen LogP contribution is -2.31. The lowest BCUT2D eigenvalue weighted by Gasteiger charge is -2.12. The molecule has 2 rings (SSSR count). The zero-order chi connectivity index (χ0) is 11.4. The van der Waals surface area contributed by atoms with Gasteiger partial charge in [0.05, 0.1) is 6.61 Å². The molecule has 5 nitrogen and oxygen atoms in total. The average Bonchev–Trinajstić information content (AvgIpc) is 3.11. The molecule has 1 atom stereocenters. The smallest absolute Gasteiger partial charge is 0.218 e. The minimum absolute atomic E-state index is 0.227. The van der Waals surface area contributed by atoms with Crippen molar-refractivity contribution in [3.63, 3.8) is 0 Å². The van der Waals surface area contributed by atoms with Crippen LogP contribution < -0.4 is 15.8 Å². The fourth-order valence-electron chi connectivity index (χ4n) is 1.58. The third kappa shape index (κ3) is 3.06. The molecule has 0 spiro atoms. The SMILES string of the molecule is CCOc1cc(NCC(N)C2CC2)ncn1. The van der Waals surface area contributed by atoms with Crippen molar-refractivity contribution >= 4 is 5.82 Å². The van der Waals surface area contributed by atoms with Crippen LogP contribution in [0.2, 0.25) is 0 Å². The van der Waals surface area contributed by atoms with Crippen molar-refractivity contribution in [2.75, 3.05) is 18.5 Å². The number of hydrogen-bond donors (Lipinski definition) is 2. The Bertz CT molecular complexity index is 341. The van der Waals surface area contributed by atoms with Crippen molar-refractivity contribution in [3.8, 4) is 5.88 Å². The van der Waals surface area contributed by atoms with Gasteiger partial charge < -0.3 is 15.8 Å². The van der Waals surface area contributed by atoms with Gasteiger partial charge in [0.2, 0.25) is 5.88 Å². The Morgan fingerprint density at radius 2 is 2.38 bits per heavy atom. The molecule has 1 aliphatic carbocycles.